The van der Waals surface area contributed by atoms with Crippen molar-refractivity contribution in [3.05, 3.63) is 52.9 Å². The van der Waals surface area contributed by atoms with Crippen molar-refractivity contribution in [3.63, 3.8) is 0 Å². The third-order valence-corrected chi connectivity index (χ3v) is 2.69. The quantitative estimate of drug-likeness (QED) is 0.716. The van der Waals surface area contributed by atoms with Crippen molar-refractivity contribution in [2.24, 2.45) is 0 Å². The van der Waals surface area contributed by atoms with E-state index in [0.29, 0.717) is 0 Å². The molecule has 2 aromatic carbocycles. The number of rotatable bonds is 1. The number of nitrogen functional groups attached to an aromatic ring is 1. The molecular weight excluding hydrogens is 194 g/mol. The highest BCUT2D eigenvalue weighted by molar-refractivity contribution is 5.93. The molecule has 1 heteroatoms. The molecule has 0 aromatic heterocycles. The minimum atomic E-state index is 0.790. The maximum absolute atomic E-state index is 5.98. The number of benzene rings is 2. The van der Waals surface area contributed by atoms with Gasteiger partial charge in [0, 0.05) is 11.1 Å². The van der Waals surface area contributed by atoms with Gasteiger partial charge in [-0.15, -0.1) is 0 Å². The van der Waals surface area contributed by atoms with Crippen molar-refractivity contribution >= 4 is 29.1 Å². The molecule has 2 N–H and O–H groups in total. The zero-order chi connectivity index (χ0) is 11.5. The Morgan fingerprint density at radius 3 is 2.75 bits per heavy atom. The molecule has 0 spiro atoms. The van der Waals surface area contributed by atoms with Crippen LogP contribution in [0.3, 0.4) is 0 Å². The first-order valence-electron chi connectivity index (χ1n) is 5.33. The van der Waals surface area contributed by atoms with Crippen molar-refractivity contribution in [2.75, 3.05) is 5.73 Å². The van der Waals surface area contributed by atoms with E-state index in [1.54, 1.807) is 0 Å². The molecule has 0 bridgehead atoms. The van der Waals surface area contributed by atoms with Crippen LogP contribution in [0, 0.1) is 0 Å². The SMILES string of the molecule is C=c1c(=CC=CC)ccc2cccc(N)c12. The second-order valence-corrected chi connectivity index (χ2v) is 3.77. The van der Waals surface area contributed by atoms with Crippen molar-refractivity contribution in [2.45, 2.75) is 6.92 Å². The van der Waals surface area contributed by atoms with E-state index in [1.165, 1.54) is 0 Å². The van der Waals surface area contributed by atoms with Crippen LogP contribution in [0.5, 0.6) is 0 Å². The van der Waals surface area contributed by atoms with Gasteiger partial charge in [-0.25, -0.2) is 0 Å². The van der Waals surface area contributed by atoms with Gasteiger partial charge in [-0.05, 0) is 28.8 Å². The van der Waals surface area contributed by atoms with Gasteiger partial charge in [0.25, 0.3) is 0 Å². The van der Waals surface area contributed by atoms with Gasteiger partial charge in [0.2, 0.25) is 0 Å². The fourth-order valence-corrected chi connectivity index (χ4v) is 1.86. The van der Waals surface area contributed by atoms with Crippen LogP contribution in [0.25, 0.3) is 23.4 Å². The lowest BCUT2D eigenvalue weighted by molar-refractivity contribution is 1.59. The van der Waals surface area contributed by atoms with Crippen molar-refractivity contribution in [3.8, 4) is 0 Å². The second-order valence-electron chi connectivity index (χ2n) is 3.77. The van der Waals surface area contributed by atoms with Crippen LogP contribution < -0.4 is 16.2 Å². The van der Waals surface area contributed by atoms with Gasteiger partial charge in [-0.3, -0.25) is 0 Å². The van der Waals surface area contributed by atoms with E-state index in [-0.39, 0.29) is 0 Å². The maximum atomic E-state index is 5.98. The van der Waals surface area contributed by atoms with E-state index < -0.39 is 0 Å². The number of allylic oxidation sites excluding steroid dienone is 2. The third kappa shape index (κ3) is 1.72. The molecule has 0 heterocycles. The summed E-state index contributed by atoms with van der Waals surface area (Å²) < 4.78 is 0. The Kier molecular flexibility index (Phi) is 2.78. The van der Waals surface area contributed by atoms with Gasteiger partial charge in [0.1, 0.15) is 0 Å². The molecule has 2 aromatic rings. The van der Waals surface area contributed by atoms with E-state index in [4.69, 9.17) is 5.73 Å². The summed E-state index contributed by atoms with van der Waals surface area (Å²) in [6, 6.07) is 10.1. The molecule has 0 atom stereocenters. The van der Waals surface area contributed by atoms with Gasteiger partial charge in [0.05, 0.1) is 0 Å². The number of nitrogens with two attached hydrogens (primary N) is 1. The first-order chi connectivity index (χ1) is 7.74. The highest BCUT2D eigenvalue weighted by Gasteiger charge is 1.97. The van der Waals surface area contributed by atoms with Crippen LogP contribution >= 0.6 is 0 Å². The summed E-state index contributed by atoms with van der Waals surface area (Å²) in [6.07, 6.45) is 6.06. The summed E-state index contributed by atoms with van der Waals surface area (Å²) in [4.78, 5) is 0. The Labute approximate surface area is 95.2 Å². The summed E-state index contributed by atoms with van der Waals surface area (Å²) in [6.45, 7) is 6.11. The van der Waals surface area contributed by atoms with Crippen LogP contribution in [0.1, 0.15) is 6.92 Å². The van der Waals surface area contributed by atoms with E-state index in [2.05, 4.69) is 24.8 Å². The minimum Gasteiger partial charge on any atom is -0.398 e. The van der Waals surface area contributed by atoms with E-state index in [9.17, 15) is 0 Å². The molecule has 1 nitrogen and oxygen atoms in total. The second kappa shape index (κ2) is 4.23. The molecule has 80 valence electrons. The predicted molar refractivity (Wildman–Crippen MR) is 72.4 cm³/mol. The molecule has 0 amide bonds. The molecule has 0 aliphatic heterocycles. The average Bonchev–Trinajstić information content (AvgIpc) is 2.28. The summed E-state index contributed by atoms with van der Waals surface area (Å²) in [5.74, 6) is 0. The molecule has 0 saturated carbocycles. The lowest BCUT2D eigenvalue weighted by atomic mass is 10.1. The Balaban J connectivity index is 2.90. The van der Waals surface area contributed by atoms with E-state index >= 15 is 0 Å². The highest BCUT2D eigenvalue weighted by atomic mass is 14.5. The molecule has 16 heavy (non-hydrogen) atoms. The molecule has 0 fully saturated rings. The van der Waals surface area contributed by atoms with Gasteiger partial charge >= 0.3 is 0 Å². The van der Waals surface area contributed by atoms with Crippen LogP contribution in [0.4, 0.5) is 5.69 Å². The van der Waals surface area contributed by atoms with Gasteiger partial charge in [-0.1, -0.05) is 49.1 Å². The topological polar surface area (TPSA) is 26.0 Å². The lowest BCUT2D eigenvalue weighted by Crippen LogP contribution is -2.23. The normalized spacial score (nSPS) is 12.7. The van der Waals surface area contributed by atoms with Crippen LogP contribution in [-0.4, -0.2) is 0 Å². The van der Waals surface area contributed by atoms with Gasteiger partial charge < -0.3 is 5.73 Å². The number of hydrogen-bond acceptors (Lipinski definition) is 1. The number of hydrogen-bond donors (Lipinski definition) is 1. The molecular formula is C15H15N. The molecule has 0 saturated heterocycles. The van der Waals surface area contributed by atoms with Crippen molar-refractivity contribution in [1.82, 2.24) is 0 Å². The van der Waals surface area contributed by atoms with Crippen LogP contribution in [-0.2, 0) is 0 Å². The minimum absolute atomic E-state index is 0.790. The first kappa shape index (κ1) is 10.5. The average molecular weight is 209 g/mol. The number of anilines is 1. The fourth-order valence-electron chi connectivity index (χ4n) is 1.86. The Hall–Kier alpha value is -2.02. The zero-order valence-corrected chi connectivity index (χ0v) is 9.40. The monoisotopic (exact) mass is 209 g/mol. The van der Waals surface area contributed by atoms with Gasteiger partial charge in [-0.2, -0.15) is 0 Å². The Morgan fingerprint density at radius 2 is 2.00 bits per heavy atom. The van der Waals surface area contributed by atoms with Crippen molar-refractivity contribution < 1.29 is 0 Å². The molecule has 0 radical (unpaired) electrons. The molecule has 0 aliphatic rings. The van der Waals surface area contributed by atoms with E-state index in [1.807, 2.05) is 37.3 Å². The van der Waals surface area contributed by atoms with Crippen LogP contribution in [0.15, 0.2) is 42.5 Å². The standard InChI is InChI=1S/C15H15N/c1-3-4-6-12-9-10-13-7-5-8-14(16)15(13)11(12)2/h3-10H,2,16H2,1H3. The Bertz CT molecular complexity index is 651. The zero-order valence-electron chi connectivity index (χ0n) is 9.40. The smallest absolute Gasteiger partial charge is 0.0399 e. The van der Waals surface area contributed by atoms with E-state index in [0.717, 1.165) is 26.9 Å². The Morgan fingerprint density at radius 1 is 1.19 bits per heavy atom. The summed E-state index contributed by atoms with van der Waals surface area (Å²) in [5.41, 5.74) is 6.77. The maximum Gasteiger partial charge on any atom is 0.0399 e. The first-order valence-corrected chi connectivity index (χ1v) is 5.33. The number of fused-ring (bicyclic) bond motifs is 1. The fraction of sp³-hybridized carbons (Fsp3) is 0.0667. The largest absolute Gasteiger partial charge is 0.398 e. The predicted octanol–water partition coefficient (Wildman–Crippen LogP) is 2.19. The molecule has 2 rings (SSSR count). The lowest BCUT2D eigenvalue weighted by Gasteiger charge is -2.02. The highest BCUT2D eigenvalue weighted by Crippen LogP contribution is 2.14. The van der Waals surface area contributed by atoms with Gasteiger partial charge in [0.15, 0.2) is 0 Å². The summed E-state index contributed by atoms with van der Waals surface area (Å²) in [7, 11) is 0. The summed E-state index contributed by atoms with van der Waals surface area (Å²) in [5, 5.41) is 4.31. The van der Waals surface area contributed by atoms with Crippen LogP contribution in [0.2, 0.25) is 0 Å². The van der Waals surface area contributed by atoms with Crippen molar-refractivity contribution in [1.29, 1.82) is 0 Å². The summed E-state index contributed by atoms with van der Waals surface area (Å²) >= 11 is 0. The molecule has 0 unspecified atom stereocenters. The molecule has 0 aliphatic carbocycles. The third-order valence-electron chi connectivity index (χ3n) is 2.69.